The molecule has 0 aliphatic heterocycles. The molecule has 0 aliphatic carbocycles. The highest BCUT2D eigenvalue weighted by molar-refractivity contribution is 7.99. The first kappa shape index (κ1) is 16.1. The van der Waals surface area contributed by atoms with E-state index in [1.807, 2.05) is 43.3 Å². The van der Waals surface area contributed by atoms with Gasteiger partial charge in [-0.25, -0.2) is 4.39 Å². The summed E-state index contributed by atoms with van der Waals surface area (Å²) in [6.07, 6.45) is 0. The molecule has 3 heteroatoms. The van der Waals surface area contributed by atoms with Crippen LogP contribution in [0.2, 0.25) is 0 Å². The summed E-state index contributed by atoms with van der Waals surface area (Å²) >= 11 is 1.48. The lowest BCUT2D eigenvalue weighted by atomic mass is 10.1. The van der Waals surface area contributed by atoms with E-state index in [9.17, 15) is 4.39 Å². The molecule has 0 aliphatic rings. The molecule has 0 heterocycles. The fraction of sp³-hybridized carbons (Fsp3) is 0.333. The van der Waals surface area contributed by atoms with Crippen molar-refractivity contribution in [3.63, 3.8) is 0 Å². The number of hydrogen-bond donors (Lipinski definition) is 1. The van der Waals surface area contributed by atoms with E-state index in [0.717, 1.165) is 10.5 Å². The summed E-state index contributed by atoms with van der Waals surface area (Å²) < 4.78 is 14.2. The van der Waals surface area contributed by atoms with Crippen molar-refractivity contribution in [2.24, 2.45) is 0 Å². The third-order valence-corrected chi connectivity index (χ3v) is 4.36. The molecule has 0 bridgehead atoms. The van der Waals surface area contributed by atoms with E-state index in [1.54, 1.807) is 6.07 Å². The molecule has 0 saturated heterocycles. The summed E-state index contributed by atoms with van der Waals surface area (Å²) in [6, 6.07) is 13.5. The number of nitrogens with one attached hydrogen (secondary N) is 1. The van der Waals surface area contributed by atoms with E-state index in [4.69, 9.17) is 0 Å². The van der Waals surface area contributed by atoms with Gasteiger partial charge in [0.2, 0.25) is 0 Å². The number of aryl methyl sites for hydroxylation is 1. The monoisotopic (exact) mass is 303 g/mol. The smallest absolute Gasteiger partial charge is 0.137 e. The normalized spacial score (nSPS) is 11.7. The molecular formula is C18H22FNS. The van der Waals surface area contributed by atoms with Crippen molar-refractivity contribution in [2.45, 2.75) is 49.6 Å². The van der Waals surface area contributed by atoms with Crippen LogP contribution in [-0.2, 0) is 6.54 Å². The Morgan fingerprint density at radius 1 is 1.05 bits per heavy atom. The van der Waals surface area contributed by atoms with E-state index in [2.05, 4.69) is 26.1 Å². The maximum Gasteiger partial charge on any atom is 0.137 e. The first-order chi connectivity index (χ1) is 9.85. The van der Waals surface area contributed by atoms with Gasteiger partial charge in [0.15, 0.2) is 0 Å². The summed E-state index contributed by atoms with van der Waals surface area (Å²) in [5.74, 6) is -0.156. The lowest BCUT2D eigenvalue weighted by Gasteiger charge is -2.20. The topological polar surface area (TPSA) is 12.0 Å². The van der Waals surface area contributed by atoms with Gasteiger partial charge in [0.05, 0.1) is 0 Å². The molecule has 0 spiro atoms. The van der Waals surface area contributed by atoms with Crippen LogP contribution < -0.4 is 5.32 Å². The van der Waals surface area contributed by atoms with Gasteiger partial charge in [-0.05, 0) is 57.0 Å². The summed E-state index contributed by atoms with van der Waals surface area (Å²) in [5, 5.41) is 3.37. The zero-order valence-corrected chi connectivity index (χ0v) is 13.9. The van der Waals surface area contributed by atoms with E-state index >= 15 is 0 Å². The minimum absolute atomic E-state index is 0.0328. The van der Waals surface area contributed by atoms with E-state index < -0.39 is 0 Å². The fourth-order valence-corrected chi connectivity index (χ4v) is 2.80. The molecule has 0 atom stereocenters. The zero-order valence-electron chi connectivity index (χ0n) is 13.0. The van der Waals surface area contributed by atoms with Crippen molar-refractivity contribution in [1.82, 2.24) is 5.32 Å². The Morgan fingerprint density at radius 3 is 2.38 bits per heavy atom. The molecule has 0 saturated carbocycles. The number of hydrogen-bond acceptors (Lipinski definition) is 2. The Morgan fingerprint density at radius 2 is 1.76 bits per heavy atom. The molecule has 0 aromatic heterocycles. The van der Waals surface area contributed by atoms with E-state index in [-0.39, 0.29) is 11.4 Å². The van der Waals surface area contributed by atoms with Crippen molar-refractivity contribution in [1.29, 1.82) is 0 Å². The van der Waals surface area contributed by atoms with Crippen LogP contribution in [0.15, 0.2) is 52.3 Å². The van der Waals surface area contributed by atoms with Gasteiger partial charge in [-0.2, -0.15) is 0 Å². The van der Waals surface area contributed by atoms with Gasteiger partial charge in [-0.3, -0.25) is 0 Å². The third kappa shape index (κ3) is 4.87. The zero-order chi connectivity index (χ0) is 15.5. The van der Waals surface area contributed by atoms with Crippen LogP contribution in [-0.4, -0.2) is 5.54 Å². The number of benzene rings is 2. The lowest BCUT2D eigenvalue weighted by Crippen LogP contribution is -2.35. The molecule has 2 aromatic rings. The highest BCUT2D eigenvalue weighted by Gasteiger charge is 2.10. The third-order valence-electron chi connectivity index (χ3n) is 3.13. The van der Waals surface area contributed by atoms with E-state index in [0.29, 0.717) is 11.4 Å². The highest BCUT2D eigenvalue weighted by atomic mass is 32.2. The summed E-state index contributed by atoms with van der Waals surface area (Å²) in [5.41, 5.74) is 2.17. The Hall–Kier alpha value is -1.32. The van der Waals surface area contributed by atoms with Crippen molar-refractivity contribution < 1.29 is 4.39 Å². The largest absolute Gasteiger partial charge is 0.308 e. The van der Waals surface area contributed by atoms with Crippen molar-refractivity contribution in [3.05, 3.63) is 59.4 Å². The molecule has 0 radical (unpaired) electrons. The van der Waals surface area contributed by atoms with Gasteiger partial charge >= 0.3 is 0 Å². The fourth-order valence-electron chi connectivity index (χ4n) is 1.89. The molecule has 0 fully saturated rings. The predicted octanol–water partition coefficient (Wildman–Crippen LogP) is 5.17. The first-order valence-corrected chi connectivity index (χ1v) is 7.94. The highest BCUT2D eigenvalue weighted by Crippen LogP contribution is 2.32. The Balaban J connectivity index is 2.11. The Labute approximate surface area is 131 Å². The standard InChI is InChI=1S/C18H22FNS/c1-13-7-5-6-8-16(13)21-17-10-9-14(11-15(17)19)12-20-18(2,3)4/h5-11,20H,12H2,1-4H3. The summed E-state index contributed by atoms with van der Waals surface area (Å²) in [7, 11) is 0. The maximum atomic E-state index is 14.2. The molecule has 112 valence electrons. The van der Waals surface area contributed by atoms with Crippen molar-refractivity contribution >= 4 is 11.8 Å². The van der Waals surface area contributed by atoms with Crippen LogP contribution in [0.25, 0.3) is 0 Å². The number of halogens is 1. The van der Waals surface area contributed by atoms with Gasteiger partial charge in [-0.1, -0.05) is 36.0 Å². The average Bonchev–Trinajstić information content (AvgIpc) is 2.41. The predicted molar refractivity (Wildman–Crippen MR) is 88.3 cm³/mol. The molecule has 0 amide bonds. The van der Waals surface area contributed by atoms with Crippen LogP contribution >= 0.6 is 11.8 Å². The SMILES string of the molecule is Cc1ccccc1Sc1ccc(CNC(C)(C)C)cc1F. The van der Waals surface area contributed by atoms with Crippen LogP contribution in [0.3, 0.4) is 0 Å². The van der Waals surface area contributed by atoms with Gasteiger partial charge in [-0.15, -0.1) is 0 Å². The quantitative estimate of drug-likeness (QED) is 0.836. The minimum atomic E-state index is -0.156. The Kier molecular flexibility index (Phi) is 5.07. The van der Waals surface area contributed by atoms with Gasteiger partial charge in [0, 0.05) is 21.9 Å². The van der Waals surface area contributed by atoms with E-state index in [1.165, 1.54) is 17.3 Å². The second kappa shape index (κ2) is 6.63. The Bertz CT molecular complexity index is 617. The van der Waals surface area contributed by atoms with Gasteiger partial charge < -0.3 is 5.32 Å². The molecule has 2 aromatic carbocycles. The van der Waals surface area contributed by atoms with Crippen molar-refractivity contribution in [3.8, 4) is 0 Å². The second-order valence-electron chi connectivity index (χ2n) is 6.24. The molecule has 0 unspecified atom stereocenters. The first-order valence-electron chi connectivity index (χ1n) is 7.12. The molecular weight excluding hydrogens is 281 g/mol. The van der Waals surface area contributed by atoms with Gasteiger partial charge in [0.1, 0.15) is 5.82 Å². The summed E-state index contributed by atoms with van der Waals surface area (Å²) in [4.78, 5) is 1.76. The van der Waals surface area contributed by atoms with Gasteiger partial charge in [0.25, 0.3) is 0 Å². The average molecular weight is 303 g/mol. The van der Waals surface area contributed by atoms with Crippen LogP contribution in [0.5, 0.6) is 0 Å². The van der Waals surface area contributed by atoms with Crippen LogP contribution in [0, 0.1) is 12.7 Å². The second-order valence-corrected chi connectivity index (χ2v) is 7.32. The lowest BCUT2D eigenvalue weighted by molar-refractivity contribution is 0.423. The summed E-state index contributed by atoms with van der Waals surface area (Å²) in [6.45, 7) is 9.03. The molecule has 2 rings (SSSR count). The van der Waals surface area contributed by atoms with Crippen molar-refractivity contribution in [2.75, 3.05) is 0 Å². The molecule has 21 heavy (non-hydrogen) atoms. The maximum absolute atomic E-state index is 14.2. The molecule has 1 N–H and O–H groups in total. The van der Waals surface area contributed by atoms with Crippen LogP contribution in [0.4, 0.5) is 4.39 Å². The molecule has 1 nitrogen and oxygen atoms in total. The van der Waals surface area contributed by atoms with Crippen LogP contribution in [0.1, 0.15) is 31.9 Å². The number of rotatable bonds is 4. The minimum Gasteiger partial charge on any atom is -0.308 e.